The van der Waals surface area contributed by atoms with Crippen molar-refractivity contribution in [2.45, 2.75) is 46.1 Å². The molecule has 0 radical (unpaired) electrons. The number of nitrogens with one attached hydrogen (secondary N) is 2. The molecule has 0 aromatic carbocycles. The fourth-order valence-electron chi connectivity index (χ4n) is 1.39. The average molecular weight is 209 g/mol. The van der Waals surface area contributed by atoms with Crippen LogP contribution >= 0.6 is 0 Å². The number of hydrogen-bond donors (Lipinski definition) is 2. The molecule has 4 nitrogen and oxygen atoms in total. The SMILES string of the molecule is CCCCC(=O)NC(C)c1cc(C)[nH]n1. The third-order valence-electron chi connectivity index (χ3n) is 2.30. The molecule has 1 amide bonds. The summed E-state index contributed by atoms with van der Waals surface area (Å²) in [5.41, 5.74) is 1.90. The van der Waals surface area contributed by atoms with Gasteiger partial charge in [-0.3, -0.25) is 9.89 Å². The van der Waals surface area contributed by atoms with Gasteiger partial charge in [-0.15, -0.1) is 0 Å². The molecule has 1 heterocycles. The molecule has 1 atom stereocenters. The van der Waals surface area contributed by atoms with Crippen LogP contribution in [-0.2, 0) is 4.79 Å². The normalized spacial score (nSPS) is 12.5. The summed E-state index contributed by atoms with van der Waals surface area (Å²) in [6.07, 6.45) is 2.59. The number of carbonyl (C=O) groups excluding carboxylic acids is 1. The Morgan fingerprint density at radius 1 is 1.67 bits per heavy atom. The van der Waals surface area contributed by atoms with Crippen LogP contribution in [-0.4, -0.2) is 16.1 Å². The Hall–Kier alpha value is -1.32. The largest absolute Gasteiger partial charge is 0.348 e. The summed E-state index contributed by atoms with van der Waals surface area (Å²) < 4.78 is 0. The van der Waals surface area contributed by atoms with Crippen LogP contribution in [0.25, 0.3) is 0 Å². The summed E-state index contributed by atoms with van der Waals surface area (Å²) in [6.45, 7) is 5.97. The number of aromatic amines is 1. The van der Waals surface area contributed by atoms with Gasteiger partial charge < -0.3 is 5.32 Å². The van der Waals surface area contributed by atoms with Gasteiger partial charge in [0.05, 0.1) is 11.7 Å². The van der Waals surface area contributed by atoms with Gasteiger partial charge in [0, 0.05) is 12.1 Å². The minimum atomic E-state index is -0.0145. The molecule has 0 aliphatic rings. The van der Waals surface area contributed by atoms with E-state index in [2.05, 4.69) is 22.4 Å². The maximum Gasteiger partial charge on any atom is 0.220 e. The Labute approximate surface area is 90.5 Å². The molecule has 1 aromatic rings. The van der Waals surface area contributed by atoms with Crippen LogP contribution in [0.15, 0.2) is 6.07 Å². The molecule has 15 heavy (non-hydrogen) atoms. The van der Waals surface area contributed by atoms with Crippen molar-refractivity contribution in [3.8, 4) is 0 Å². The molecule has 4 heteroatoms. The smallest absolute Gasteiger partial charge is 0.220 e. The molecule has 0 fully saturated rings. The van der Waals surface area contributed by atoms with Crippen molar-refractivity contribution in [1.29, 1.82) is 0 Å². The third-order valence-corrected chi connectivity index (χ3v) is 2.30. The maximum absolute atomic E-state index is 11.4. The first-order chi connectivity index (χ1) is 7.13. The van der Waals surface area contributed by atoms with Gasteiger partial charge in [-0.1, -0.05) is 13.3 Å². The summed E-state index contributed by atoms with van der Waals surface area (Å²) in [7, 11) is 0. The van der Waals surface area contributed by atoms with Gasteiger partial charge in [0.1, 0.15) is 0 Å². The van der Waals surface area contributed by atoms with Crippen LogP contribution in [0, 0.1) is 6.92 Å². The van der Waals surface area contributed by atoms with Crippen LogP contribution < -0.4 is 5.32 Å². The van der Waals surface area contributed by atoms with Crippen LogP contribution in [0.2, 0.25) is 0 Å². The number of amides is 1. The number of aromatic nitrogens is 2. The molecule has 0 aliphatic carbocycles. The fraction of sp³-hybridized carbons (Fsp3) is 0.636. The molecule has 0 saturated heterocycles. The van der Waals surface area contributed by atoms with Crippen LogP contribution in [0.3, 0.4) is 0 Å². The van der Waals surface area contributed by atoms with Crippen LogP contribution in [0.1, 0.15) is 50.5 Å². The second kappa shape index (κ2) is 5.53. The van der Waals surface area contributed by atoms with Crippen molar-refractivity contribution in [3.05, 3.63) is 17.5 Å². The first-order valence-electron chi connectivity index (χ1n) is 5.44. The molecule has 2 N–H and O–H groups in total. The van der Waals surface area contributed by atoms with E-state index in [1.165, 1.54) is 0 Å². The van der Waals surface area contributed by atoms with Gasteiger partial charge in [0.25, 0.3) is 0 Å². The average Bonchev–Trinajstić information content (AvgIpc) is 2.61. The maximum atomic E-state index is 11.4. The minimum absolute atomic E-state index is 0.0145. The second-order valence-corrected chi connectivity index (χ2v) is 3.87. The quantitative estimate of drug-likeness (QED) is 0.780. The summed E-state index contributed by atoms with van der Waals surface area (Å²) in [5.74, 6) is 0.102. The zero-order valence-electron chi connectivity index (χ0n) is 9.63. The lowest BCUT2D eigenvalue weighted by molar-refractivity contribution is -0.121. The molecule has 1 aromatic heterocycles. The van der Waals surface area contributed by atoms with Gasteiger partial charge in [-0.2, -0.15) is 5.10 Å². The van der Waals surface area contributed by atoms with E-state index in [1.807, 2.05) is 19.9 Å². The van der Waals surface area contributed by atoms with Gasteiger partial charge >= 0.3 is 0 Å². The lowest BCUT2D eigenvalue weighted by Crippen LogP contribution is -2.26. The first kappa shape index (κ1) is 11.8. The predicted molar refractivity (Wildman–Crippen MR) is 59.4 cm³/mol. The molecule has 1 unspecified atom stereocenters. The number of H-pyrrole nitrogens is 1. The summed E-state index contributed by atoms with van der Waals surface area (Å²) >= 11 is 0. The van der Waals surface area contributed by atoms with Gasteiger partial charge in [-0.25, -0.2) is 0 Å². The van der Waals surface area contributed by atoms with E-state index in [0.29, 0.717) is 6.42 Å². The highest BCUT2D eigenvalue weighted by atomic mass is 16.1. The number of carbonyl (C=O) groups is 1. The second-order valence-electron chi connectivity index (χ2n) is 3.87. The highest BCUT2D eigenvalue weighted by Crippen LogP contribution is 2.10. The molecule has 1 rings (SSSR count). The van der Waals surface area contributed by atoms with Crippen molar-refractivity contribution in [2.24, 2.45) is 0 Å². The van der Waals surface area contributed by atoms with E-state index < -0.39 is 0 Å². The number of rotatable bonds is 5. The van der Waals surface area contributed by atoms with Crippen molar-refractivity contribution in [3.63, 3.8) is 0 Å². The Bertz CT molecular complexity index is 319. The molecule has 0 saturated carbocycles. The lowest BCUT2D eigenvalue weighted by Gasteiger charge is -2.10. The molecular weight excluding hydrogens is 190 g/mol. The van der Waals surface area contributed by atoms with Crippen molar-refractivity contribution >= 4 is 5.91 Å². The Kier molecular flexibility index (Phi) is 4.34. The number of unbranched alkanes of at least 4 members (excludes halogenated alkanes) is 1. The van der Waals surface area contributed by atoms with Crippen molar-refractivity contribution in [1.82, 2.24) is 15.5 Å². The first-order valence-corrected chi connectivity index (χ1v) is 5.44. The molecule has 0 aliphatic heterocycles. The zero-order valence-corrected chi connectivity index (χ0v) is 9.63. The topological polar surface area (TPSA) is 57.8 Å². The van der Waals surface area contributed by atoms with Crippen LogP contribution in [0.4, 0.5) is 0 Å². The Morgan fingerprint density at radius 3 is 2.93 bits per heavy atom. The van der Waals surface area contributed by atoms with E-state index in [1.54, 1.807) is 0 Å². The highest BCUT2D eigenvalue weighted by Gasteiger charge is 2.11. The van der Waals surface area contributed by atoms with E-state index in [9.17, 15) is 4.79 Å². The van der Waals surface area contributed by atoms with E-state index in [-0.39, 0.29) is 11.9 Å². The Balaban J connectivity index is 2.41. The number of hydrogen-bond acceptors (Lipinski definition) is 2. The zero-order chi connectivity index (χ0) is 11.3. The van der Waals surface area contributed by atoms with E-state index in [0.717, 1.165) is 24.2 Å². The van der Waals surface area contributed by atoms with E-state index >= 15 is 0 Å². The van der Waals surface area contributed by atoms with Gasteiger partial charge in [0.15, 0.2) is 0 Å². The highest BCUT2D eigenvalue weighted by molar-refractivity contribution is 5.76. The monoisotopic (exact) mass is 209 g/mol. The van der Waals surface area contributed by atoms with E-state index in [4.69, 9.17) is 0 Å². The van der Waals surface area contributed by atoms with Crippen molar-refractivity contribution in [2.75, 3.05) is 0 Å². The fourth-order valence-corrected chi connectivity index (χ4v) is 1.39. The summed E-state index contributed by atoms with van der Waals surface area (Å²) in [4.78, 5) is 11.4. The van der Waals surface area contributed by atoms with Gasteiger partial charge in [-0.05, 0) is 26.3 Å². The molecular formula is C11H19N3O. The van der Waals surface area contributed by atoms with Crippen LogP contribution in [0.5, 0.6) is 0 Å². The minimum Gasteiger partial charge on any atom is -0.348 e. The predicted octanol–water partition coefficient (Wildman–Crippen LogP) is 2.09. The lowest BCUT2D eigenvalue weighted by atomic mass is 10.2. The Morgan fingerprint density at radius 2 is 2.40 bits per heavy atom. The molecule has 0 bridgehead atoms. The van der Waals surface area contributed by atoms with Crippen molar-refractivity contribution < 1.29 is 4.79 Å². The summed E-state index contributed by atoms with van der Waals surface area (Å²) in [6, 6.07) is 1.93. The molecule has 84 valence electrons. The summed E-state index contributed by atoms with van der Waals surface area (Å²) in [5, 5.41) is 9.90. The third kappa shape index (κ3) is 3.73. The number of aryl methyl sites for hydroxylation is 1. The number of nitrogens with zero attached hydrogens (tertiary/aromatic N) is 1. The van der Waals surface area contributed by atoms with Gasteiger partial charge in [0.2, 0.25) is 5.91 Å². The standard InChI is InChI=1S/C11H19N3O/c1-4-5-6-11(15)12-9(3)10-7-8(2)13-14-10/h7,9H,4-6H2,1-3H3,(H,12,15)(H,13,14). The molecule has 0 spiro atoms.